The summed E-state index contributed by atoms with van der Waals surface area (Å²) in [5, 5.41) is 10.1. The highest BCUT2D eigenvalue weighted by Gasteiger charge is 2.28. The van der Waals surface area contributed by atoms with E-state index in [9.17, 15) is 22.8 Å². The van der Waals surface area contributed by atoms with Gasteiger partial charge in [-0.05, 0) is 12.1 Å². The van der Waals surface area contributed by atoms with Gasteiger partial charge in [-0.2, -0.15) is 13.2 Å². The molecule has 0 spiro atoms. The fraction of sp³-hybridized carbons (Fsp3) is 0.222. The number of carboxylic acid groups (broad SMARTS) is 1. The van der Waals surface area contributed by atoms with Gasteiger partial charge in [0.05, 0.1) is 5.56 Å². The van der Waals surface area contributed by atoms with Gasteiger partial charge in [-0.1, -0.05) is 0 Å². The van der Waals surface area contributed by atoms with Gasteiger partial charge in [-0.15, -0.1) is 0 Å². The molecule has 0 radical (unpaired) electrons. The van der Waals surface area contributed by atoms with Gasteiger partial charge in [0.2, 0.25) is 0 Å². The second-order valence-corrected chi connectivity index (χ2v) is 3.04. The number of carboxylic acids is 1. The van der Waals surface area contributed by atoms with Gasteiger partial charge in [-0.25, -0.2) is 4.79 Å². The Kier molecular flexibility index (Phi) is 3.66. The fourth-order valence-corrected chi connectivity index (χ4v) is 0.926. The van der Waals surface area contributed by atoms with Gasteiger partial charge < -0.3 is 10.4 Å². The van der Waals surface area contributed by atoms with Crippen molar-refractivity contribution in [2.24, 2.45) is 0 Å². The SMILES string of the molecule is O=C(O)c1ccc(C(=O)NCC(F)(F)F)nc1. The highest BCUT2D eigenvalue weighted by molar-refractivity contribution is 5.93. The number of hydrogen-bond donors (Lipinski definition) is 2. The van der Waals surface area contributed by atoms with Crippen LogP contribution in [0.15, 0.2) is 18.3 Å². The Bertz CT molecular complexity index is 428. The van der Waals surface area contributed by atoms with Crippen LogP contribution in [0.1, 0.15) is 20.8 Å². The zero-order chi connectivity index (χ0) is 13.1. The molecule has 0 saturated carbocycles. The number of alkyl halides is 3. The van der Waals surface area contributed by atoms with Gasteiger partial charge in [0, 0.05) is 6.20 Å². The summed E-state index contributed by atoms with van der Waals surface area (Å²) < 4.78 is 35.4. The zero-order valence-corrected chi connectivity index (χ0v) is 8.28. The van der Waals surface area contributed by atoms with Gasteiger partial charge in [0.1, 0.15) is 12.2 Å². The van der Waals surface area contributed by atoms with Crippen molar-refractivity contribution in [2.75, 3.05) is 6.54 Å². The minimum Gasteiger partial charge on any atom is -0.478 e. The molecule has 0 aliphatic heterocycles. The lowest BCUT2D eigenvalue weighted by molar-refractivity contribution is -0.123. The first-order valence-electron chi connectivity index (χ1n) is 4.34. The third-order valence-electron chi connectivity index (χ3n) is 1.69. The summed E-state index contributed by atoms with van der Waals surface area (Å²) in [4.78, 5) is 25.0. The molecule has 0 saturated heterocycles. The molecule has 0 aliphatic rings. The predicted molar refractivity (Wildman–Crippen MR) is 49.6 cm³/mol. The maximum absolute atomic E-state index is 11.8. The van der Waals surface area contributed by atoms with Crippen LogP contribution in [-0.4, -0.2) is 34.7 Å². The smallest absolute Gasteiger partial charge is 0.405 e. The highest BCUT2D eigenvalue weighted by atomic mass is 19.4. The van der Waals surface area contributed by atoms with Crippen molar-refractivity contribution in [1.82, 2.24) is 10.3 Å². The first-order valence-corrected chi connectivity index (χ1v) is 4.34. The van der Waals surface area contributed by atoms with E-state index in [1.165, 1.54) is 0 Å². The molecule has 1 aromatic rings. The maximum Gasteiger partial charge on any atom is 0.405 e. The maximum atomic E-state index is 11.8. The average molecular weight is 248 g/mol. The van der Waals surface area contributed by atoms with Crippen LogP contribution in [0.5, 0.6) is 0 Å². The second-order valence-electron chi connectivity index (χ2n) is 3.04. The molecule has 0 fully saturated rings. The summed E-state index contributed by atoms with van der Waals surface area (Å²) in [5.74, 6) is -2.25. The van der Waals surface area contributed by atoms with E-state index >= 15 is 0 Å². The van der Waals surface area contributed by atoms with E-state index in [1.807, 2.05) is 0 Å². The molecule has 92 valence electrons. The first-order chi connectivity index (χ1) is 7.79. The Balaban J connectivity index is 2.67. The van der Waals surface area contributed by atoms with Crippen molar-refractivity contribution in [3.63, 3.8) is 0 Å². The Hall–Kier alpha value is -2.12. The monoisotopic (exact) mass is 248 g/mol. The van der Waals surface area contributed by atoms with Crippen LogP contribution in [0.4, 0.5) is 13.2 Å². The van der Waals surface area contributed by atoms with E-state index in [1.54, 1.807) is 5.32 Å². The third-order valence-corrected chi connectivity index (χ3v) is 1.69. The number of pyridine rings is 1. The summed E-state index contributed by atoms with van der Waals surface area (Å²) in [6.45, 7) is -1.46. The van der Waals surface area contributed by atoms with Crippen molar-refractivity contribution in [1.29, 1.82) is 0 Å². The minimum absolute atomic E-state index is 0.155. The van der Waals surface area contributed by atoms with Crippen molar-refractivity contribution in [2.45, 2.75) is 6.18 Å². The average Bonchev–Trinajstić information content (AvgIpc) is 2.25. The number of nitrogens with zero attached hydrogens (tertiary/aromatic N) is 1. The first kappa shape index (κ1) is 12.9. The highest BCUT2D eigenvalue weighted by Crippen LogP contribution is 2.12. The Morgan fingerprint density at radius 3 is 2.41 bits per heavy atom. The molecule has 8 heteroatoms. The van der Waals surface area contributed by atoms with Gasteiger partial charge in [0.25, 0.3) is 5.91 Å². The van der Waals surface area contributed by atoms with Gasteiger partial charge in [-0.3, -0.25) is 9.78 Å². The van der Waals surface area contributed by atoms with Crippen LogP contribution in [0.3, 0.4) is 0 Å². The van der Waals surface area contributed by atoms with Crippen molar-refractivity contribution >= 4 is 11.9 Å². The van der Waals surface area contributed by atoms with Crippen LogP contribution in [-0.2, 0) is 0 Å². The van der Waals surface area contributed by atoms with E-state index in [-0.39, 0.29) is 11.3 Å². The predicted octanol–water partition coefficient (Wildman–Crippen LogP) is 1.07. The second kappa shape index (κ2) is 4.81. The largest absolute Gasteiger partial charge is 0.478 e. The van der Waals surface area contributed by atoms with Crippen LogP contribution in [0, 0.1) is 0 Å². The molecule has 0 aromatic carbocycles. The molecule has 17 heavy (non-hydrogen) atoms. The molecule has 0 aliphatic carbocycles. The van der Waals surface area contributed by atoms with Crippen molar-refractivity contribution < 1.29 is 27.9 Å². The number of halogens is 3. The van der Waals surface area contributed by atoms with Crippen LogP contribution < -0.4 is 5.32 Å². The topological polar surface area (TPSA) is 79.3 Å². The summed E-state index contributed by atoms with van der Waals surface area (Å²) in [6.07, 6.45) is -3.61. The van der Waals surface area contributed by atoms with Crippen molar-refractivity contribution in [3.05, 3.63) is 29.6 Å². The molecule has 1 rings (SSSR count). The molecular weight excluding hydrogens is 241 g/mol. The summed E-state index contributed by atoms with van der Waals surface area (Å²) >= 11 is 0. The Morgan fingerprint density at radius 2 is 2.00 bits per heavy atom. The molecule has 1 amide bonds. The van der Waals surface area contributed by atoms with E-state index in [2.05, 4.69) is 4.98 Å². The molecular formula is C9H7F3N2O3. The number of aromatic nitrogens is 1. The lowest BCUT2D eigenvalue weighted by Gasteiger charge is -2.07. The standard InChI is InChI=1S/C9H7F3N2O3/c10-9(11,12)4-14-7(15)6-2-1-5(3-13-6)8(16)17/h1-3H,4H2,(H,14,15)(H,16,17). The van der Waals surface area contributed by atoms with Crippen molar-refractivity contribution in [3.8, 4) is 0 Å². The zero-order valence-electron chi connectivity index (χ0n) is 8.28. The fourth-order valence-electron chi connectivity index (χ4n) is 0.926. The van der Waals surface area contributed by atoms with E-state index in [0.29, 0.717) is 0 Å². The van der Waals surface area contributed by atoms with E-state index in [0.717, 1.165) is 18.3 Å². The Labute approximate surface area is 93.3 Å². The van der Waals surface area contributed by atoms with E-state index in [4.69, 9.17) is 5.11 Å². The third kappa shape index (κ3) is 4.09. The van der Waals surface area contributed by atoms with E-state index < -0.39 is 24.6 Å². The Morgan fingerprint density at radius 1 is 1.35 bits per heavy atom. The molecule has 0 bridgehead atoms. The number of amides is 1. The molecule has 0 atom stereocenters. The molecule has 0 unspecified atom stereocenters. The molecule has 5 nitrogen and oxygen atoms in total. The number of rotatable bonds is 3. The summed E-state index contributed by atoms with van der Waals surface area (Å²) in [6, 6.07) is 2.12. The number of carbonyl (C=O) groups excluding carboxylic acids is 1. The summed E-state index contributed by atoms with van der Waals surface area (Å²) in [7, 11) is 0. The minimum atomic E-state index is -4.50. The molecule has 1 aromatic heterocycles. The summed E-state index contributed by atoms with van der Waals surface area (Å²) in [5.41, 5.74) is -0.434. The number of nitrogens with one attached hydrogen (secondary N) is 1. The van der Waals surface area contributed by atoms with Gasteiger partial charge in [0.15, 0.2) is 0 Å². The molecule has 1 heterocycles. The number of carbonyl (C=O) groups is 2. The quantitative estimate of drug-likeness (QED) is 0.838. The van der Waals surface area contributed by atoms with Crippen LogP contribution >= 0.6 is 0 Å². The molecule has 2 N–H and O–H groups in total. The number of hydrogen-bond acceptors (Lipinski definition) is 3. The lowest BCUT2D eigenvalue weighted by atomic mass is 10.2. The number of aromatic carboxylic acids is 1. The van der Waals surface area contributed by atoms with Crippen LogP contribution in [0.2, 0.25) is 0 Å². The normalized spacial score (nSPS) is 11.0. The van der Waals surface area contributed by atoms with Crippen LogP contribution in [0.25, 0.3) is 0 Å². The lowest BCUT2D eigenvalue weighted by Crippen LogP contribution is -2.34. The van der Waals surface area contributed by atoms with Gasteiger partial charge >= 0.3 is 12.1 Å².